The van der Waals surface area contributed by atoms with Crippen molar-refractivity contribution in [3.05, 3.63) is 121 Å². The molecule has 1 fully saturated rings. The average molecular weight is 774 g/mol. The van der Waals surface area contributed by atoms with E-state index in [1.807, 2.05) is 85.1 Å². The molecule has 1 saturated carbocycles. The smallest absolute Gasteiger partial charge is 0.335 e. The number of carbonyl (C=O) groups excluding carboxylic acids is 1. The van der Waals surface area contributed by atoms with Crippen molar-refractivity contribution < 1.29 is 14.7 Å². The Bertz CT molecular complexity index is 2780. The normalized spacial score (nSPS) is 13.2. The van der Waals surface area contributed by atoms with Crippen LogP contribution in [0.15, 0.2) is 109 Å². The molecule has 4 N–H and O–H groups in total. The number of aromatic nitrogens is 6. The number of hydrogen-bond acceptors (Lipinski definition) is 8. The molecule has 294 valence electrons. The second-order valence-electron chi connectivity index (χ2n) is 16.0. The molecule has 1 aliphatic rings. The first kappa shape index (κ1) is 38.1. The van der Waals surface area contributed by atoms with Crippen LogP contribution in [-0.4, -0.2) is 64.3 Å². The van der Waals surface area contributed by atoms with Gasteiger partial charge in [0.15, 0.2) is 22.9 Å². The van der Waals surface area contributed by atoms with Crippen LogP contribution in [0.25, 0.3) is 55.9 Å². The van der Waals surface area contributed by atoms with Crippen molar-refractivity contribution >= 4 is 56.9 Å². The Morgan fingerprint density at radius 3 is 1.50 bits per heavy atom. The van der Waals surface area contributed by atoms with Crippen LogP contribution in [-0.2, 0) is 0 Å². The number of anilines is 2. The summed E-state index contributed by atoms with van der Waals surface area (Å²) in [6, 6.07) is 30.6. The Balaban J connectivity index is 0.000000164. The number of imidazole rings is 2. The van der Waals surface area contributed by atoms with Gasteiger partial charge >= 0.3 is 5.97 Å². The summed E-state index contributed by atoms with van der Waals surface area (Å²) in [7, 11) is 0. The molecule has 0 aliphatic heterocycles. The van der Waals surface area contributed by atoms with Crippen LogP contribution in [0.2, 0.25) is 0 Å². The second kappa shape index (κ2) is 15.6. The van der Waals surface area contributed by atoms with Gasteiger partial charge in [0.2, 0.25) is 0 Å². The lowest BCUT2D eigenvalue weighted by atomic mass is 10.1. The lowest BCUT2D eigenvalue weighted by molar-refractivity contribution is 0.0696. The number of rotatable bonds is 11. The lowest BCUT2D eigenvalue weighted by Crippen LogP contribution is -2.34. The molecule has 0 unspecified atom stereocenters. The minimum atomic E-state index is -0.936. The first-order valence-electron chi connectivity index (χ1n) is 19.7. The predicted molar refractivity (Wildman–Crippen MR) is 231 cm³/mol. The van der Waals surface area contributed by atoms with Crippen molar-refractivity contribution in [3.63, 3.8) is 0 Å². The quantitative estimate of drug-likeness (QED) is 0.101. The van der Waals surface area contributed by atoms with E-state index in [1.165, 1.54) is 0 Å². The first-order valence-corrected chi connectivity index (χ1v) is 19.7. The van der Waals surface area contributed by atoms with E-state index in [0.29, 0.717) is 17.4 Å². The maximum atomic E-state index is 12.5. The molecule has 4 aromatic heterocycles. The highest BCUT2D eigenvalue weighted by Gasteiger charge is 2.38. The summed E-state index contributed by atoms with van der Waals surface area (Å²) in [5.74, 6) is 1.56. The van der Waals surface area contributed by atoms with Crippen molar-refractivity contribution in [2.45, 2.75) is 53.0 Å². The van der Waals surface area contributed by atoms with Crippen molar-refractivity contribution in [3.8, 4) is 22.5 Å². The van der Waals surface area contributed by atoms with Crippen molar-refractivity contribution in [2.75, 3.05) is 23.7 Å². The van der Waals surface area contributed by atoms with Crippen LogP contribution in [0.1, 0.15) is 68.2 Å². The third kappa shape index (κ3) is 7.77. The molecular weight excluding hydrogens is 727 g/mol. The molecule has 4 aromatic carbocycles. The van der Waals surface area contributed by atoms with E-state index in [-0.39, 0.29) is 17.0 Å². The van der Waals surface area contributed by atoms with Gasteiger partial charge in [-0.15, -0.1) is 0 Å². The second-order valence-corrected chi connectivity index (χ2v) is 16.0. The number of nitrogens with zero attached hydrogens (tertiary/aromatic N) is 6. The van der Waals surface area contributed by atoms with Gasteiger partial charge in [0.25, 0.3) is 5.91 Å². The first-order chi connectivity index (χ1) is 28.0. The number of fused-ring (bicyclic) bond motifs is 6. The highest BCUT2D eigenvalue weighted by Crippen LogP contribution is 2.35. The van der Waals surface area contributed by atoms with Crippen LogP contribution in [0.5, 0.6) is 0 Å². The zero-order chi connectivity index (χ0) is 40.6. The summed E-state index contributed by atoms with van der Waals surface area (Å²) in [5, 5.41) is 19.1. The van der Waals surface area contributed by atoms with Gasteiger partial charge in [-0.05, 0) is 80.1 Å². The third-order valence-corrected chi connectivity index (χ3v) is 10.3. The molecule has 0 bridgehead atoms. The summed E-state index contributed by atoms with van der Waals surface area (Å²) in [6.07, 6.45) is 5.78. The van der Waals surface area contributed by atoms with Gasteiger partial charge in [0, 0.05) is 35.3 Å². The fourth-order valence-electron chi connectivity index (χ4n) is 6.84. The maximum Gasteiger partial charge on any atom is 0.335 e. The van der Waals surface area contributed by atoms with E-state index in [2.05, 4.69) is 70.4 Å². The van der Waals surface area contributed by atoms with Gasteiger partial charge < -0.3 is 21.1 Å². The van der Waals surface area contributed by atoms with Crippen LogP contribution in [0.4, 0.5) is 11.6 Å². The molecule has 8 aromatic rings. The molecule has 58 heavy (non-hydrogen) atoms. The van der Waals surface area contributed by atoms with Gasteiger partial charge in [0.05, 0.1) is 51.4 Å². The molecule has 12 nitrogen and oxygen atoms in total. The fourth-order valence-corrected chi connectivity index (χ4v) is 6.84. The number of aromatic carboxylic acids is 1. The number of carboxylic acid groups (broad SMARTS) is 1. The maximum absolute atomic E-state index is 12.5. The Hall–Kier alpha value is -6.82. The average Bonchev–Trinajstić information content (AvgIpc) is 3.57. The van der Waals surface area contributed by atoms with Gasteiger partial charge in [-0.3, -0.25) is 13.6 Å². The minimum Gasteiger partial charge on any atom is -0.478 e. The number of para-hydroxylation sites is 4. The minimum absolute atomic E-state index is 0.0143. The van der Waals surface area contributed by atoms with E-state index < -0.39 is 5.97 Å². The SMILES string of the molecule is CC(C)CNc1nc2ccccc2n2c(-c3ccc(C(=O)NC4(C)CC4)cc3)cnc12.CC(C)CNc1nc2ccccc2n2c(-c3ccc(C(=O)O)cc3)cnc12. The Kier molecular flexibility index (Phi) is 10.2. The van der Waals surface area contributed by atoms with Crippen molar-refractivity contribution in [1.29, 1.82) is 0 Å². The number of nitrogens with one attached hydrogen (secondary N) is 3. The lowest BCUT2D eigenvalue weighted by Gasteiger charge is -2.13. The zero-order valence-corrected chi connectivity index (χ0v) is 33.3. The third-order valence-electron chi connectivity index (χ3n) is 10.3. The number of carbonyl (C=O) groups is 2. The molecular formula is C46H47N9O3. The van der Waals surface area contributed by atoms with Gasteiger partial charge in [0.1, 0.15) is 0 Å². The molecule has 12 heteroatoms. The molecule has 0 saturated heterocycles. The highest BCUT2D eigenvalue weighted by molar-refractivity contribution is 5.95. The predicted octanol–water partition coefficient (Wildman–Crippen LogP) is 9.22. The standard InChI is InChI=1S/C25H27N5O.C21H20N4O2/c1-16(2)14-26-22-23-27-15-21(30(23)20-7-5-4-6-19(20)28-22)17-8-10-18(11-9-17)24(31)29-25(3)12-13-25;1-13(2)11-22-19-20-23-12-18(14-7-9-15(10-8-14)21(26)27)25(20)17-6-4-3-5-16(17)24-19/h4-11,15-16H,12-14H2,1-3H3,(H,26,28)(H,29,31);3-10,12-13H,11H2,1-2H3,(H,22,24)(H,26,27). The molecule has 0 atom stereocenters. The summed E-state index contributed by atoms with van der Waals surface area (Å²) in [6.45, 7) is 12.3. The van der Waals surface area contributed by atoms with Crippen molar-refractivity contribution in [2.24, 2.45) is 11.8 Å². The van der Waals surface area contributed by atoms with Gasteiger partial charge in [-0.1, -0.05) is 76.2 Å². The van der Waals surface area contributed by atoms with E-state index in [9.17, 15) is 9.59 Å². The molecule has 1 aliphatic carbocycles. The van der Waals surface area contributed by atoms with Crippen LogP contribution >= 0.6 is 0 Å². The van der Waals surface area contributed by atoms with Crippen molar-refractivity contribution in [1.82, 2.24) is 34.1 Å². The van der Waals surface area contributed by atoms with Gasteiger partial charge in [-0.25, -0.2) is 24.7 Å². The Morgan fingerprint density at radius 1 is 0.655 bits per heavy atom. The number of benzene rings is 4. The largest absolute Gasteiger partial charge is 0.478 e. The topological polar surface area (TPSA) is 151 Å². The van der Waals surface area contributed by atoms with Crippen LogP contribution in [0.3, 0.4) is 0 Å². The summed E-state index contributed by atoms with van der Waals surface area (Å²) < 4.78 is 4.21. The number of carboxylic acids is 1. The summed E-state index contributed by atoms with van der Waals surface area (Å²) in [5.41, 5.74) is 10.00. The van der Waals surface area contributed by atoms with Crippen LogP contribution in [0, 0.1) is 11.8 Å². The Morgan fingerprint density at radius 2 is 1.09 bits per heavy atom. The monoisotopic (exact) mass is 773 g/mol. The fraction of sp³-hybridized carbons (Fsp3) is 0.261. The van der Waals surface area contributed by atoms with Crippen LogP contribution < -0.4 is 16.0 Å². The van der Waals surface area contributed by atoms with Gasteiger partial charge in [-0.2, -0.15) is 0 Å². The number of hydrogen-bond donors (Lipinski definition) is 4. The van der Waals surface area contributed by atoms with E-state index >= 15 is 0 Å². The van der Waals surface area contributed by atoms with E-state index in [1.54, 1.807) is 18.3 Å². The molecule has 0 spiro atoms. The molecule has 1 amide bonds. The molecule has 9 rings (SSSR count). The van der Waals surface area contributed by atoms with E-state index in [4.69, 9.17) is 20.1 Å². The summed E-state index contributed by atoms with van der Waals surface area (Å²) in [4.78, 5) is 42.5. The number of amides is 1. The highest BCUT2D eigenvalue weighted by atomic mass is 16.4. The van der Waals surface area contributed by atoms with E-state index in [0.717, 1.165) is 93.4 Å². The zero-order valence-electron chi connectivity index (χ0n) is 33.3. The summed E-state index contributed by atoms with van der Waals surface area (Å²) >= 11 is 0. The molecule has 4 heterocycles. The Labute approximate surface area is 336 Å². The molecule has 0 radical (unpaired) electrons.